The summed E-state index contributed by atoms with van der Waals surface area (Å²) < 4.78 is 3.35. The van der Waals surface area contributed by atoms with Crippen molar-refractivity contribution in [3.05, 3.63) is 95.7 Å². The molecule has 0 fully saturated rings. The van der Waals surface area contributed by atoms with Gasteiger partial charge in [-0.2, -0.15) is 5.10 Å². The zero-order valence-electron chi connectivity index (χ0n) is 22.9. The first kappa shape index (κ1) is 27.9. The van der Waals surface area contributed by atoms with Gasteiger partial charge < -0.3 is 5.32 Å². The van der Waals surface area contributed by atoms with E-state index in [-0.39, 0.29) is 22.9 Å². The molecule has 4 rings (SSSR count). The molecule has 4 aromatic rings. The van der Waals surface area contributed by atoms with Crippen molar-refractivity contribution in [1.82, 2.24) is 19.7 Å². The quantitative estimate of drug-likeness (QED) is 0.160. The standard InChI is InChI=1S/C30H35N7OS/c1-20(2)28(32)36-19-23(15-16-26(36)31)39-24-14-10-9-11-21(24)18-33-29(38)34-27-17-25(30(3,4)5)35-37(27)22-12-7-6-8-13-22/h6-17,19-20,31-32H,18H2,1-5H3,(H2,33,34,38). The molecule has 0 saturated carbocycles. The van der Waals surface area contributed by atoms with Gasteiger partial charge in [-0.25, -0.2) is 9.48 Å². The van der Waals surface area contributed by atoms with E-state index in [1.54, 1.807) is 27.1 Å². The van der Waals surface area contributed by atoms with Crippen molar-refractivity contribution < 1.29 is 4.79 Å². The van der Waals surface area contributed by atoms with Crippen LogP contribution in [0.15, 0.2) is 88.8 Å². The average Bonchev–Trinajstić information content (AvgIpc) is 3.33. The molecule has 0 aliphatic rings. The summed E-state index contributed by atoms with van der Waals surface area (Å²) in [7, 11) is 0. The molecule has 8 nitrogen and oxygen atoms in total. The van der Waals surface area contributed by atoms with Gasteiger partial charge in [0.15, 0.2) is 0 Å². The lowest BCUT2D eigenvalue weighted by Gasteiger charge is -2.15. The Morgan fingerprint density at radius 3 is 2.41 bits per heavy atom. The second kappa shape index (κ2) is 11.7. The predicted octanol–water partition coefficient (Wildman–Crippen LogP) is 6.41. The SMILES string of the molecule is CC(C)C(=N)n1cc(Sc2ccccc2CNC(=O)Nc2cc(C(C)(C)C)nn2-c2ccccc2)ccc1=N. The van der Waals surface area contributed by atoms with E-state index in [2.05, 4.69) is 31.4 Å². The maximum Gasteiger partial charge on any atom is 0.320 e. The number of benzene rings is 2. The Morgan fingerprint density at radius 1 is 1.03 bits per heavy atom. The summed E-state index contributed by atoms with van der Waals surface area (Å²) in [6.45, 7) is 10.5. The Labute approximate surface area is 233 Å². The molecule has 0 unspecified atom stereocenters. The van der Waals surface area contributed by atoms with Gasteiger partial charge >= 0.3 is 6.03 Å². The molecular weight excluding hydrogens is 506 g/mol. The number of hydrogen-bond donors (Lipinski definition) is 4. The molecule has 0 spiro atoms. The third-order valence-electron chi connectivity index (χ3n) is 6.09. The fourth-order valence-electron chi connectivity index (χ4n) is 3.83. The van der Waals surface area contributed by atoms with E-state index < -0.39 is 0 Å². The van der Waals surface area contributed by atoms with Gasteiger partial charge in [0.1, 0.15) is 17.1 Å². The van der Waals surface area contributed by atoms with E-state index in [1.165, 1.54) is 0 Å². The van der Waals surface area contributed by atoms with Crippen LogP contribution < -0.4 is 16.1 Å². The van der Waals surface area contributed by atoms with Crippen LogP contribution in [0, 0.1) is 16.7 Å². The van der Waals surface area contributed by atoms with Crippen molar-refractivity contribution in [2.75, 3.05) is 5.32 Å². The molecule has 0 atom stereocenters. The Balaban J connectivity index is 1.50. The van der Waals surface area contributed by atoms with Crippen molar-refractivity contribution in [1.29, 1.82) is 10.8 Å². The van der Waals surface area contributed by atoms with Gasteiger partial charge in [0.25, 0.3) is 0 Å². The zero-order chi connectivity index (χ0) is 28.2. The number of aromatic nitrogens is 3. The van der Waals surface area contributed by atoms with Crippen molar-refractivity contribution in [3.8, 4) is 5.69 Å². The van der Waals surface area contributed by atoms with Crippen LogP contribution >= 0.6 is 11.8 Å². The van der Waals surface area contributed by atoms with Crippen LogP contribution in [0.4, 0.5) is 10.6 Å². The minimum Gasteiger partial charge on any atom is -0.334 e. The molecule has 2 amide bonds. The minimum atomic E-state index is -0.325. The van der Waals surface area contributed by atoms with Crippen LogP contribution in [0.1, 0.15) is 45.9 Å². The van der Waals surface area contributed by atoms with Crippen molar-refractivity contribution in [2.45, 2.75) is 56.4 Å². The first-order valence-electron chi connectivity index (χ1n) is 12.9. The molecule has 0 aliphatic carbocycles. The second-order valence-electron chi connectivity index (χ2n) is 10.6. The van der Waals surface area contributed by atoms with Gasteiger partial charge in [-0.15, -0.1) is 0 Å². The van der Waals surface area contributed by atoms with Crippen LogP contribution in [0.25, 0.3) is 5.69 Å². The second-order valence-corrected chi connectivity index (χ2v) is 11.7. The summed E-state index contributed by atoms with van der Waals surface area (Å²) >= 11 is 1.54. The lowest BCUT2D eigenvalue weighted by molar-refractivity contribution is 0.251. The smallest absolute Gasteiger partial charge is 0.320 e. The monoisotopic (exact) mass is 541 g/mol. The highest BCUT2D eigenvalue weighted by molar-refractivity contribution is 7.99. The summed E-state index contributed by atoms with van der Waals surface area (Å²) in [6.07, 6.45) is 1.82. The zero-order valence-corrected chi connectivity index (χ0v) is 23.8. The van der Waals surface area contributed by atoms with Crippen molar-refractivity contribution >= 4 is 29.4 Å². The molecule has 0 bridgehead atoms. The van der Waals surface area contributed by atoms with E-state index in [1.807, 2.05) is 86.8 Å². The predicted molar refractivity (Wildman–Crippen MR) is 157 cm³/mol. The average molecular weight is 542 g/mol. The third kappa shape index (κ3) is 6.86. The molecule has 0 saturated heterocycles. The van der Waals surface area contributed by atoms with Crippen LogP contribution in [-0.2, 0) is 12.0 Å². The molecule has 0 radical (unpaired) electrons. The summed E-state index contributed by atoms with van der Waals surface area (Å²) in [5, 5.41) is 27.2. The first-order chi connectivity index (χ1) is 18.5. The number of nitrogens with one attached hydrogen (secondary N) is 4. The van der Waals surface area contributed by atoms with Crippen molar-refractivity contribution in [2.24, 2.45) is 5.92 Å². The lowest BCUT2D eigenvalue weighted by Crippen LogP contribution is -2.29. The molecule has 39 heavy (non-hydrogen) atoms. The normalized spacial score (nSPS) is 11.4. The summed E-state index contributed by atoms with van der Waals surface area (Å²) in [4.78, 5) is 14.9. The number of carbonyl (C=O) groups excluding carboxylic acids is 1. The molecule has 4 N–H and O–H groups in total. The van der Waals surface area contributed by atoms with Crippen LogP contribution in [-0.4, -0.2) is 26.2 Å². The molecular formula is C30H35N7OS. The van der Waals surface area contributed by atoms with E-state index in [9.17, 15) is 4.79 Å². The fraction of sp³-hybridized carbons (Fsp3) is 0.267. The van der Waals surface area contributed by atoms with Gasteiger partial charge in [-0.3, -0.25) is 20.7 Å². The molecule has 9 heteroatoms. The van der Waals surface area contributed by atoms with Crippen LogP contribution in [0.5, 0.6) is 0 Å². The van der Waals surface area contributed by atoms with Gasteiger partial charge in [0.05, 0.1) is 11.4 Å². The number of pyridine rings is 1. The van der Waals surface area contributed by atoms with Crippen molar-refractivity contribution in [3.63, 3.8) is 0 Å². The number of rotatable bonds is 7. The Morgan fingerprint density at radius 2 is 1.72 bits per heavy atom. The van der Waals surface area contributed by atoms with E-state index >= 15 is 0 Å². The summed E-state index contributed by atoms with van der Waals surface area (Å²) in [5.74, 6) is 0.976. The van der Waals surface area contributed by atoms with Gasteiger partial charge in [-0.1, -0.05) is 82.8 Å². The van der Waals surface area contributed by atoms with E-state index in [4.69, 9.17) is 15.9 Å². The topological polar surface area (TPSA) is 112 Å². The number of anilines is 1. The number of urea groups is 1. The number of para-hydroxylation sites is 1. The molecule has 0 aliphatic heterocycles. The number of nitrogens with zero attached hydrogens (tertiary/aromatic N) is 3. The molecule has 2 aromatic heterocycles. The first-order valence-corrected chi connectivity index (χ1v) is 13.7. The van der Waals surface area contributed by atoms with Gasteiger partial charge in [0.2, 0.25) is 0 Å². The number of amides is 2. The highest BCUT2D eigenvalue weighted by atomic mass is 32.2. The minimum absolute atomic E-state index is 0.00650. The highest BCUT2D eigenvalue weighted by Gasteiger charge is 2.21. The highest BCUT2D eigenvalue weighted by Crippen LogP contribution is 2.30. The fourth-order valence-corrected chi connectivity index (χ4v) is 4.80. The van der Waals surface area contributed by atoms with Gasteiger partial charge in [0, 0.05) is 39.9 Å². The molecule has 2 heterocycles. The Bertz CT molecular complexity index is 1530. The third-order valence-corrected chi connectivity index (χ3v) is 7.18. The summed E-state index contributed by atoms with van der Waals surface area (Å²) in [6, 6.07) is 22.8. The molecule has 202 valence electrons. The largest absolute Gasteiger partial charge is 0.334 e. The van der Waals surface area contributed by atoms with Crippen LogP contribution in [0.2, 0.25) is 0 Å². The maximum atomic E-state index is 13.0. The maximum absolute atomic E-state index is 13.0. The van der Waals surface area contributed by atoms with E-state index in [0.717, 1.165) is 26.7 Å². The lowest BCUT2D eigenvalue weighted by atomic mass is 9.92. The number of hydrogen-bond acceptors (Lipinski definition) is 5. The Hall–Kier alpha value is -4.11. The summed E-state index contributed by atoms with van der Waals surface area (Å²) in [5.41, 5.74) is 2.81. The van der Waals surface area contributed by atoms with Crippen LogP contribution in [0.3, 0.4) is 0 Å². The van der Waals surface area contributed by atoms with Gasteiger partial charge in [-0.05, 0) is 35.9 Å². The number of carbonyl (C=O) groups is 1. The molecule has 2 aromatic carbocycles. The van der Waals surface area contributed by atoms with E-state index in [0.29, 0.717) is 18.2 Å². The Kier molecular flexibility index (Phi) is 8.40.